The fraction of sp³-hybridized carbons (Fsp3) is 0.500. The Balaban J connectivity index is 2.02. The molecule has 6 heteroatoms. The molecule has 0 aliphatic heterocycles. The quantitative estimate of drug-likeness (QED) is 0.766. The lowest BCUT2D eigenvalue weighted by Gasteiger charge is -2.13. The van der Waals surface area contributed by atoms with E-state index in [4.69, 9.17) is 26.8 Å². The van der Waals surface area contributed by atoms with Gasteiger partial charge in [0, 0.05) is 6.54 Å². The summed E-state index contributed by atoms with van der Waals surface area (Å²) in [6.07, 6.45) is 2.63. The Bertz CT molecular complexity index is 490. The van der Waals surface area contributed by atoms with Gasteiger partial charge in [0.15, 0.2) is 18.1 Å². The fourth-order valence-corrected chi connectivity index (χ4v) is 2.19. The van der Waals surface area contributed by atoms with E-state index in [2.05, 4.69) is 5.32 Å². The summed E-state index contributed by atoms with van der Waals surface area (Å²) in [7, 11) is 1.53. The van der Waals surface area contributed by atoms with Gasteiger partial charge in [-0.15, -0.1) is 0 Å². The number of ether oxygens (including phenoxy) is 2. The predicted molar refractivity (Wildman–Crippen MR) is 77.1 cm³/mol. The molecule has 2 rings (SSSR count). The Hall–Kier alpha value is -1.46. The topological polar surface area (TPSA) is 73.6 Å². The summed E-state index contributed by atoms with van der Waals surface area (Å²) in [6.45, 7) is 1.53. The SMILES string of the molecule is COc1cc(CNCC2CC2)cc(Cl)c1OCC(N)=O. The van der Waals surface area contributed by atoms with Crippen molar-refractivity contribution in [1.82, 2.24) is 5.32 Å². The third-order valence-corrected chi connectivity index (χ3v) is 3.39. The molecule has 0 heterocycles. The average Bonchev–Trinajstić information content (AvgIpc) is 3.20. The zero-order valence-electron chi connectivity index (χ0n) is 11.4. The number of methoxy groups -OCH3 is 1. The maximum Gasteiger partial charge on any atom is 0.255 e. The van der Waals surface area contributed by atoms with E-state index < -0.39 is 5.91 Å². The molecule has 0 saturated heterocycles. The first-order valence-electron chi connectivity index (χ1n) is 6.58. The zero-order chi connectivity index (χ0) is 14.5. The highest BCUT2D eigenvalue weighted by molar-refractivity contribution is 6.32. The minimum atomic E-state index is -0.557. The van der Waals surface area contributed by atoms with Crippen molar-refractivity contribution in [2.75, 3.05) is 20.3 Å². The van der Waals surface area contributed by atoms with Crippen molar-refractivity contribution in [2.24, 2.45) is 11.7 Å². The van der Waals surface area contributed by atoms with Gasteiger partial charge in [-0.05, 0) is 43.0 Å². The molecule has 0 atom stereocenters. The second-order valence-corrected chi connectivity index (χ2v) is 5.35. The Kier molecular flexibility index (Phi) is 5.09. The summed E-state index contributed by atoms with van der Waals surface area (Å²) in [5.41, 5.74) is 6.07. The molecule has 1 saturated carbocycles. The Morgan fingerprint density at radius 3 is 2.85 bits per heavy atom. The van der Waals surface area contributed by atoms with Crippen LogP contribution >= 0.6 is 11.6 Å². The summed E-state index contributed by atoms with van der Waals surface area (Å²) in [5, 5.41) is 3.79. The summed E-state index contributed by atoms with van der Waals surface area (Å²) < 4.78 is 10.5. The molecular formula is C14H19ClN2O3. The normalized spacial score (nSPS) is 14.1. The molecule has 1 aliphatic rings. The summed E-state index contributed by atoms with van der Waals surface area (Å²) in [6, 6.07) is 3.66. The van der Waals surface area contributed by atoms with Crippen molar-refractivity contribution in [1.29, 1.82) is 0 Å². The molecule has 1 amide bonds. The number of nitrogens with two attached hydrogens (primary N) is 1. The zero-order valence-corrected chi connectivity index (χ0v) is 12.2. The molecular weight excluding hydrogens is 280 g/mol. The molecule has 1 aromatic carbocycles. The van der Waals surface area contributed by atoms with E-state index in [1.54, 1.807) is 6.07 Å². The van der Waals surface area contributed by atoms with Crippen LogP contribution in [0.2, 0.25) is 5.02 Å². The lowest BCUT2D eigenvalue weighted by atomic mass is 10.2. The largest absolute Gasteiger partial charge is 0.493 e. The molecule has 5 nitrogen and oxygen atoms in total. The van der Waals surface area contributed by atoms with Gasteiger partial charge >= 0.3 is 0 Å². The lowest BCUT2D eigenvalue weighted by Crippen LogP contribution is -2.20. The van der Waals surface area contributed by atoms with E-state index in [0.717, 1.165) is 24.6 Å². The number of nitrogens with one attached hydrogen (secondary N) is 1. The van der Waals surface area contributed by atoms with Gasteiger partial charge in [0.25, 0.3) is 5.91 Å². The molecule has 3 N–H and O–H groups in total. The molecule has 0 radical (unpaired) electrons. The van der Waals surface area contributed by atoms with E-state index >= 15 is 0 Å². The molecule has 1 aliphatic carbocycles. The number of hydrogen-bond acceptors (Lipinski definition) is 4. The van der Waals surface area contributed by atoms with E-state index in [1.807, 2.05) is 6.07 Å². The van der Waals surface area contributed by atoms with Crippen molar-refractivity contribution in [3.05, 3.63) is 22.7 Å². The van der Waals surface area contributed by atoms with Crippen molar-refractivity contribution in [2.45, 2.75) is 19.4 Å². The van der Waals surface area contributed by atoms with Crippen molar-refractivity contribution in [3.8, 4) is 11.5 Å². The van der Waals surface area contributed by atoms with Crippen LogP contribution in [-0.2, 0) is 11.3 Å². The first kappa shape index (κ1) is 14.9. The van der Waals surface area contributed by atoms with Gasteiger partial charge in [0.05, 0.1) is 12.1 Å². The van der Waals surface area contributed by atoms with Crippen LogP contribution in [0.4, 0.5) is 0 Å². The fourth-order valence-electron chi connectivity index (χ4n) is 1.90. The Morgan fingerprint density at radius 1 is 1.50 bits per heavy atom. The molecule has 110 valence electrons. The third-order valence-electron chi connectivity index (χ3n) is 3.11. The van der Waals surface area contributed by atoms with Crippen LogP contribution in [-0.4, -0.2) is 26.2 Å². The van der Waals surface area contributed by atoms with Gasteiger partial charge in [-0.1, -0.05) is 11.6 Å². The van der Waals surface area contributed by atoms with Crippen molar-refractivity contribution < 1.29 is 14.3 Å². The lowest BCUT2D eigenvalue weighted by molar-refractivity contribution is -0.119. The van der Waals surface area contributed by atoms with Crippen LogP contribution in [0.25, 0.3) is 0 Å². The number of carbonyl (C=O) groups is 1. The highest BCUT2D eigenvalue weighted by atomic mass is 35.5. The highest BCUT2D eigenvalue weighted by Crippen LogP contribution is 2.36. The molecule has 20 heavy (non-hydrogen) atoms. The van der Waals surface area contributed by atoms with Crippen LogP contribution in [0.5, 0.6) is 11.5 Å². The van der Waals surface area contributed by atoms with Crippen LogP contribution < -0.4 is 20.5 Å². The number of carbonyl (C=O) groups excluding carboxylic acids is 1. The van der Waals surface area contributed by atoms with Gasteiger partial charge in [-0.3, -0.25) is 4.79 Å². The van der Waals surface area contributed by atoms with E-state index in [0.29, 0.717) is 16.5 Å². The van der Waals surface area contributed by atoms with Crippen LogP contribution in [0, 0.1) is 5.92 Å². The van der Waals surface area contributed by atoms with Gasteiger partial charge < -0.3 is 20.5 Å². The smallest absolute Gasteiger partial charge is 0.255 e. The monoisotopic (exact) mass is 298 g/mol. The van der Waals surface area contributed by atoms with E-state index in [1.165, 1.54) is 20.0 Å². The minimum absolute atomic E-state index is 0.227. The maximum absolute atomic E-state index is 10.8. The first-order chi connectivity index (χ1) is 9.60. The first-order valence-corrected chi connectivity index (χ1v) is 6.96. The van der Waals surface area contributed by atoms with E-state index in [-0.39, 0.29) is 6.61 Å². The molecule has 0 bridgehead atoms. The van der Waals surface area contributed by atoms with Crippen LogP contribution in [0.1, 0.15) is 18.4 Å². The number of halogens is 1. The van der Waals surface area contributed by atoms with Crippen molar-refractivity contribution >= 4 is 17.5 Å². The van der Waals surface area contributed by atoms with Crippen LogP contribution in [0.3, 0.4) is 0 Å². The second-order valence-electron chi connectivity index (χ2n) is 4.94. The van der Waals surface area contributed by atoms with Gasteiger partial charge in [-0.25, -0.2) is 0 Å². The number of primary amides is 1. The molecule has 1 fully saturated rings. The average molecular weight is 299 g/mol. The highest BCUT2D eigenvalue weighted by Gasteiger charge is 2.20. The van der Waals surface area contributed by atoms with Gasteiger partial charge in [0.1, 0.15) is 0 Å². The van der Waals surface area contributed by atoms with Crippen molar-refractivity contribution in [3.63, 3.8) is 0 Å². The third kappa shape index (κ3) is 4.28. The molecule has 0 unspecified atom stereocenters. The standard InChI is InChI=1S/C14H19ClN2O3/c1-19-12-5-10(7-17-6-9-2-3-9)4-11(15)14(12)20-8-13(16)18/h4-5,9,17H,2-3,6-8H2,1H3,(H2,16,18). The van der Waals surface area contributed by atoms with Gasteiger partial charge in [0.2, 0.25) is 0 Å². The predicted octanol–water partition coefficient (Wildman–Crippen LogP) is 1.71. The summed E-state index contributed by atoms with van der Waals surface area (Å²) in [4.78, 5) is 10.8. The van der Waals surface area contributed by atoms with Gasteiger partial charge in [-0.2, -0.15) is 0 Å². The number of amides is 1. The molecule has 0 aromatic heterocycles. The molecule has 1 aromatic rings. The number of hydrogen-bond donors (Lipinski definition) is 2. The number of benzene rings is 1. The minimum Gasteiger partial charge on any atom is -0.493 e. The van der Waals surface area contributed by atoms with Crippen LogP contribution in [0.15, 0.2) is 12.1 Å². The summed E-state index contributed by atoms with van der Waals surface area (Å²) >= 11 is 6.17. The molecule has 0 spiro atoms. The Morgan fingerprint density at radius 2 is 2.25 bits per heavy atom. The maximum atomic E-state index is 10.8. The Labute approximate surface area is 123 Å². The number of rotatable bonds is 8. The summed E-state index contributed by atoms with van der Waals surface area (Å²) in [5.74, 6) is 1.12. The van der Waals surface area contributed by atoms with E-state index in [9.17, 15) is 4.79 Å². The second kappa shape index (κ2) is 6.81.